The summed E-state index contributed by atoms with van der Waals surface area (Å²) in [4.78, 5) is 16.3. The van der Waals surface area contributed by atoms with E-state index in [1.807, 2.05) is 12.1 Å². The molecule has 2 aromatic heterocycles. The highest BCUT2D eigenvalue weighted by molar-refractivity contribution is 6.00. The van der Waals surface area contributed by atoms with Crippen LogP contribution < -0.4 is 16.4 Å². The van der Waals surface area contributed by atoms with Crippen LogP contribution in [-0.4, -0.2) is 21.2 Å². The minimum Gasteiger partial charge on any atom is -0.325 e. The van der Waals surface area contributed by atoms with Crippen molar-refractivity contribution in [1.29, 1.82) is 0 Å². The summed E-state index contributed by atoms with van der Waals surface area (Å²) in [7, 11) is 0. The fraction of sp³-hybridized carbons (Fsp3) is 0.0500. The molecule has 0 unspecified atom stereocenters. The van der Waals surface area contributed by atoms with E-state index in [4.69, 9.17) is 5.73 Å². The number of urea groups is 1. The van der Waals surface area contributed by atoms with E-state index in [1.165, 1.54) is 18.2 Å². The molecule has 0 aliphatic carbocycles. The number of nitrogens with one attached hydrogen (secondary N) is 3. The van der Waals surface area contributed by atoms with Crippen LogP contribution >= 0.6 is 0 Å². The van der Waals surface area contributed by atoms with Gasteiger partial charge in [-0.15, -0.1) is 0 Å². The molecule has 0 saturated carbocycles. The van der Waals surface area contributed by atoms with Gasteiger partial charge < -0.3 is 16.4 Å². The maximum absolute atomic E-state index is 13.2. The van der Waals surface area contributed by atoms with Crippen LogP contribution in [0.4, 0.5) is 20.6 Å². The van der Waals surface area contributed by atoms with Crippen LogP contribution in [0.2, 0.25) is 0 Å². The summed E-state index contributed by atoms with van der Waals surface area (Å²) in [5.41, 5.74) is 10.2. The number of halogens is 1. The van der Waals surface area contributed by atoms with Crippen molar-refractivity contribution in [3.05, 3.63) is 72.4 Å². The Balaban J connectivity index is 1.53. The Morgan fingerprint density at radius 3 is 2.61 bits per heavy atom. The first kappa shape index (κ1) is 17.6. The lowest BCUT2D eigenvalue weighted by atomic mass is 10.0. The topological polar surface area (TPSA) is 109 Å². The van der Waals surface area contributed by atoms with E-state index >= 15 is 0 Å². The lowest BCUT2D eigenvalue weighted by Crippen LogP contribution is -2.19. The zero-order valence-electron chi connectivity index (χ0n) is 14.7. The molecule has 140 valence electrons. The summed E-state index contributed by atoms with van der Waals surface area (Å²) >= 11 is 0. The van der Waals surface area contributed by atoms with Gasteiger partial charge in [0.1, 0.15) is 11.3 Å². The lowest BCUT2D eigenvalue weighted by Gasteiger charge is -2.09. The van der Waals surface area contributed by atoms with E-state index in [0.717, 1.165) is 27.7 Å². The van der Waals surface area contributed by atoms with Crippen LogP contribution in [0, 0.1) is 5.82 Å². The van der Waals surface area contributed by atoms with Crippen molar-refractivity contribution in [2.45, 2.75) is 6.54 Å². The number of carbonyl (C=O) groups excluding carboxylic acids is 1. The van der Waals surface area contributed by atoms with E-state index in [2.05, 4.69) is 25.8 Å². The Kier molecular flexibility index (Phi) is 4.69. The first-order valence-corrected chi connectivity index (χ1v) is 8.59. The van der Waals surface area contributed by atoms with Crippen LogP contribution in [0.5, 0.6) is 0 Å². The number of hydrogen-bond acceptors (Lipinski definition) is 4. The molecular formula is C20H17FN6O. The average molecular weight is 376 g/mol. The highest BCUT2D eigenvalue weighted by Gasteiger charge is 2.11. The lowest BCUT2D eigenvalue weighted by molar-refractivity contribution is 0.262. The van der Waals surface area contributed by atoms with Gasteiger partial charge in [-0.05, 0) is 35.9 Å². The van der Waals surface area contributed by atoms with E-state index in [0.29, 0.717) is 17.9 Å². The smallest absolute Gasteiger partial charge is 0.323 e. The highest BCUT2D eigenvalue weighted by Crippen LogP contribution is 2.29. The maximum atomic E-state index is 13.2. The normalized spacial score (nSPS) is 10.8. The number of rotatable bonds is 4. The van der Waals surface area contributed by atoms with Crippen LogP contribution in [0.25, 0.3) is 22.0 Å². The summed E-state index contributed by atoms with van der Waals surface area (Å²) in [6.07, 6.45) is 3.44. The van der Waals surface area contributed by atoms with Crippen molar-refractivity contribution in [1.82, 2.24) is 15.2 Å². The second-order valence-electron chi connectivity index (χ2n) is 6.15. The number of pyridine rings is 1. The molecule has 8 heteroatoms. The molecule has 4 rings (SSSR count). The zero-order valence-corrected chi connectivity index (χ0v) is 14.7. The van der Waals surface area contributed by atoms with Crippen molar-refractivity contribution in [2.24, 2.45) is 5.73 Å². The second kappa shape index (κ2) is 7.45. The number of carbonyl (C=O) groups is 1. The Hall–Kier alpha value is -3.78. The van der Waals surface area contributed by atoms with Crippen molar-refractivity contribution in [3.8, 4) is 11.1 Å². The minimum atomic E-state index is -0.456. The number of aromatic amines is 1. The Bertz CT molecular complexity index is 1140. The van der Waals surface area contributed by atoms with E-state index in [9.17, 15) is 9.18 Å². The second-order valence-corrected chi connectivity index (χ2v) is 6.15. The number of nitrogens with zero attached hydrogens (tertiary/aromatic N) is 2. The fourth-order valence-corrected chi connectivity index (χ4v) is 2.99. The average Bonchev–Trinajstić information content (AvgIpc) is 3.12. The minimum absolute atomic E-state index is 0.341. The monoisotopic (exact) mass is 376 g/mol. The molecule has 0 saturated heterocycles. The standard InChI is InChI=1S/C20H17FN6O/c21-13-2-1-3-15(8-13)25-20(28)24-14-6-4-12(5-7-14)16-10-23-11-18-19(16)17(9-22)26-27-18/h1-8,10-11H,9,22H2,(H,26,27)(H2,24,25,28). The molecule has 0 radical (unpaired) electrons. The molecule has 2 heterocycles. The van der Waals surface area contributed by atoms with Crippen molar-refractivity contribution in [2.75, 3.05) is 10.6 Å². The molecule has 2 amide bonds. The largest absolute Gasteiger partial charge is 0.325 e. The summed E-state index contributed by atoms with van der Waals surface area (Å²) in [5.74, 6) is -0.416. The molecule has 2 aromatic carbocycles. The summed E-state index contributed by atoms with van der Waals surface area (Å²) in [6, 6.07) is 12.6. The number of anilines is 2. The van der Waals surface area contributed by atoms with Crippen LogP contribution in [0.3, 0.4) is 0 Å². The van der Waals surface area contributed by atoms with Crippen molar-refractivity contribution in [3.63, 3.8) is 0 Å². The molecule has 4 aromatic rings. The highest BCUT2D eigenvalue weighted by atomic mass is 19.1. The van der Waals surface area contributed by atoms with Gasteiger partial charge in [-0.1, -0.05) is 18.2 Å². The third-order valence-corrected chi connectivity index (χ3v) is 4.28. The van der Waals surface area contributed by atoms with Gasteiger partial charge >= 0.3 is 6.03 Å². The number of amides is 2. The van der Waals surface area contributed by atoms with Gasteiger partial charge in [-0.2, -0.15) is 5.10 Å². The summed E-state index contributed by atoms with van der Waals surface area (Å²) < 4.78 is 13.2. The maximum Gasteiger partial charge on any atom is 0.323 e. The van der Waals surface area contributed by atoms with E-state index < -0.39 is 11.8 Å². The number of nitrogens with two attached hydrogens (primary N) is 1. The van der Waals surface area contributed by atoms with Crippen LogP contribution in [-0.2, 0) is 6.54 Å². The SMILES string of the molecule is NCc1[nH]nc2cncc(-c3ccc(NC(=O)Nc4cccc(F)c4)cc3)c12. The van der Waals surface area contributed by atoms with Gasteiger partial charge in [0.05, 0.1) is 11.9 Å². The van der Waals surface area contributed by atoms with Gasteiger partial charge in [0.2, 0.25) is 0 Å². The summed E-state index contributed by atoms with van der Waals surface area (Å²) in [6.45, 7) is 0.341. The van der Waals surface area contributed by atoms with Gasteiger partial charge in [-0.25, -0.2) is 9.18 Å². The molecule has 28 heavy (non-hydrogen) atoms. The van der Waals surface area contributed by atoms with Gasteiger partial charge in [0.25, 0.3) is 0 Å². The molecule has 0 atom stereocenters. The fourth-order valence-electron chi connectivity index (χ4n) is 2.99. The third kappa shape index (κ3) is 3.53. The number of aromatic nitrogens is 3. The Labute approximate surface area is 159 Å². The molecule has 0 fully saturated rings. The molecule has 0 spiro atoms. The van der Waals surface area contributed by atoms with Gasteiger partial charge in [0.15, 0.2) is 0 Å². The molecule has 5 N–H and O–H groups in total. The first-order chi connectivity index (χ1) is 13.6. The van der Waals surface area contributed by atoms with Gasteiger partial charge in [0, 0.05) is 35.1 Å². The van der Waals surface area contributed by atoms with Crippen molar-refractivity contribution < 1.29 is 9.18 Å². The summed E-state index contributed by atoms with van der Waals surface area (Å²) in [5, 5.41) is 13.4. The molecular weight excluding hydrogens is 359 g/mol. The number of hydrogen-bond donors (Lipinski definition) is 4. The van der Waals surface area contributed by atoms with Crippen LogP contribution in [0.15, 0.2) is 60.9 Å². The quantitative estimate of drug-likeness (QED) is 0.433. The molecule has 0 aliphatic rings. The predicted molar refractivity (Wildman–Crippen MR) is 106 cm³/mol. The van der Waals surface area contributed by atoms with Gasteiger partial charge in [-0.3, -0.25) is 10.1 Å². The number of H-pyrrole nitrogens is 1. The van der Waals surface area contributed by atoms with E-state index in [1.54, 1.807) is 30.6 Å². The Morgan fingerprint density at radius 1 is 1.07 bits per heavy atom. The van der Waals surface area contributed by atoms with Crippen LogP contribution in [0.1, 0.15) is 5.69 Å². The van der Waals surface area contributed by atoms with Crippen molar-refractivity contribution >= 4 is 28.3 Å². The number of fused-ring (bicyclic) bond motifs is 1. The molecule has 0 bridgehead atoms. The Morgan fingerprint density at radius 2 is 1.86 bits per heavy atom. The zero-order chi connectivity index (χ0) is 19.5. The van der Waals surface area contributed by atoms with E-state index in [-0.39, 0.29) is 0 Å². The third-order valence-electron chi connectivity index (χ3n) is 4.28. The number of benzene rings is 2. The molecule has 0 aliphatic heterocycles. The molecule has 7 nitrogen and oxygen atoms in total. The predicted octanol–water partition coefficient (Wildman–Crippen LogP) is 3.87. The first-order valence-electron chi connectivity index (χ1n) is 8.59.